The predicted octanol–water partition coefficient (Wildman–Crippen LogP) is 1.86. The Morgan fingerprint density at radius 2 is 2.05 bits per heavy atom. The zero-order chi connectivity index (χ0) is 16.0. The summed E-state index contributed by atoms with van der Waals surface area (Å²) in [7, 11) is 4.20. The van der Waals surface area contributed by atoms with Crippen molar-refractivity contribution in [2.45, 2.75) is 33.4 Å². The van der Waals surface area contributed by atoms with Crippen LogP contribution >= 0.6 is 0 Å². The molecule has 0 saturated carbocycles. The van der Waals surface area contributed by atoms with Gasteiger partial charge < -0.3 is 15.8 Å². The highest BCUT2D eigenvalue weighted by Gasteiger charge is 2.14. The predicted molar refractivity (Wildman–Crippen MR) is 87.8 cm³/mol. The van der Waals surface area contributed by atoms with Crippen molar-refractivity contribution in [2.75, 3.05) is 27.2 Å². The highest BCUT2D eigenvalue weighted by molar-refractivity contribution is 5.97. The largest absolute Gasteiger partial charge is 0.409 e. The summed E-state index contributed by atoms with van der Waals surface area (Å²) in [6.45, 7) is 9.46. The maximum atomic E-state index is 8.74. The fourth-order valence-corrected chi connectivity index (χ4v) is 2.53. The van der Waals surface area contributed by atoms with Gasteiger partial charge in [-0.25, -0.2) is 0 Å². The van der Waals surface area contributed by atoms with Gasteiger partial charge in [-0.2, -0.15) is 0 Å². The molecule has 0 fully saturated rings. The molecular weight excluding hydrogens is 264 g/mol. The molecule has 0 aliphatic rings. The fraction of sp³-hybridized carbons (Fsp3) is 0.562. The van der Waals surface area contributed by atoms with E-state index in [1.807, 2.05) is 12.1 Å². The minimum atomic E-state index is 0.151. The van der Waals surface area contributed by atoms with Crippen molar-refractivity contribution in [3.05, 3.63) is 34.9 Å². The second-order valence-electron chi connectivity index (χ2n) is 5.80. The van der Waals surface area contributed by atoms with Crippen molar-refractivity contribution in [2.24, 2.45) is 10.9 Å². The average molecular weight is 292 g/mol. The number of amidine groups is 1. The monoisotopic (exact) mass is 292 g/mol. The van der Waals surface area contributed by atoms with Gasteiger partial charge in [0.2, 0.25) is 0 Å². The van der Waals surface area contributed by atoms with Crippen LogP contribution in [-0.4, -0.2) is 54.1 Å². The van der Waals surface area contributed by atoms with E-state index in [2.05, 4.69) is 55.9 Å². The van der Waals surface area contributed by atoms with Gasteiger partial charge in [-0.05, 0) is 51.7 Å². The van der Waals surface area contributed by atoms with Crippen molar-refractivity contribution in [1.82, 2.24) is 9.80 Å². The minimum absolute atomic E-state index is 0.151. The van der Waals surface area contributed by atoms with Gasteiger partial charge in [-0.1, -0.05) is 24.2 Å². The van der Waals surface area contributed by atoms with Crippen molar-refractivity contribution in [3.8, 4) is 0 Å². The van der Waals surface area contributed by atoms with Crippen LogP contribution in [0.25, 0.3) is 0 Å². The molecule has 0 aliphatic carbocycles. The second kappa shape index (κ2) is 8.00. The summed E-state index contributed by atoms with van der Waals surface area (Å²) in [5.74, 6) is 0.151. The lowest BCUT2D eigenvalue weighted by Crippen LogP contribution is -2.39. The molecule has 0 aliphatic heterocycles. The number of hydrogen-bond acceptors (Lipinski definition) is 4. The van der Waals surface area contributed by atoms with Gasteiger partial charge in [0.05, 0.1) is 0 Å². The lowest BCUT2D eigenvalue weighted by Gasteiger charge is -2.30. The molecule has 0 amide bonds. The fourth-order valence-electron chi connectivity index (χ4n) is 2.53. The first-order chi connectivity index (χ1) is 9.88. The normalized spacial score (nSPS) is 14.0. The summed E-state index contributed by atoms with van der Waals surface area (Å²) in [4.78, 5) is 4.66. The van der Waals surface area contributed by atoms with E-state index in [9.17, 15) is 0 Å². The van der Waals surface area contributed by atoms with E-state index in [1.54, 1.807) is 0 Å². The zero-order valence-corrected chi connectivity index (χ0v) is 13.8. The van der Waals surface area contributed by atoms with Gasteiger partial charge >= 0.3 is 0 Å². The molecule has 1 aromatic carbocycles. The summed E-state index contributed by atoms with van der Waals surface area (Å²) in [6, 6.07) is 6.43. The van der Waals surface area contributed by atoms with E-state index < -0.39 is 0 Å². The van der Waals surface area contributed by atoms with Crippen molar-refractivity contribution < 1.29 is 5.21 Å². The lowest BCUT2D eigenvalue weighted by molar-refractivity contribution is 0.174. The van der Waals surface area contributed by atoms with Gasteiger partial charge in [0.25, 0.3) is 0 Å². The molecule has 21 heavy (non-hydrogen) atoms. The number of nitrogens with two attached hydrogens (primary N) is 1. The molecule has 3 N–H and O–H groups in total. The number of oxime groups is 1. The Hall–Kier alpha value is -1.59. The summed E-state index contributed by atoms with van der Waals surface area (Å²) in [5.41, 5.74) is 8.82. The summed E-state index contributed by atoms with van der Waals surface area (Å²) < 4.78 is 0. The quantitative estimate of drug-likeness (QED) is 0.348. The topological polar surface area (TPSA) is 65.1 Å². The van der Waals surface area contributed by atoms with Crippen LogP contribution in [0.15, 0.2) is 23.4 Å². The third-order valence-corrected chi connectivity index (χ3v) is 3.78. The average Bonchev–Trinajstić information content (AvgIpc) is 2.44. The third-order valence-electron chi connectivity index (χ3n) is 3.78. The highest BCUT2D eigenvalue weighted by Crippen LogP contribution is 2.15. The number of rotatable bonds is 7. The number of likely N-dealkylation sites (N-methyl/N-ethyl adjacent to an activating group) is 2. The van der Waals surface area contributed by atoms with Crippen LogP contribution in [0.4, 0.5) is 0 Å². The van der Waals surface area contributed by atoms with E-state index in [0.717, 1.165) is 30.8 Å². The SMILES string of the molecule is CCN(Cc1ccc(/C(N)=N/O)cc1C)C(C)CN(C)C. The maximum Gasteiger partial charge on any atom is 0.170 e. The van der Waals surface area contributed by atoms with E-state index in [-0.39, 0.29) is 5.84 Å². The van der Waals surface area contributed by atoms with Gasteiger partial charge in [0, 0.05) is 24.7 Å². The number of benzene rings is 1. The lowest BCUT2D eigenvalue weighted by atomic mass is 10.0. The zero-order valence-electron chi connectivity index (χ0n) is 13.8. The molecule has 0 radical (unpaired) electrons. The van der Waals surface area contributed by atoms with Crippen LogP contribution in [0.5, 0.6) is 0 Å². The molecule has 1 aromatic rings. The van der Waals surface area contributed by atoms with Crippen molar-refractivity contribution >= 4 is 5.84 Å². The first kappa shape index (κ1) is 17.5. The van der Waals surface area contributed by atoms with Crippen LogP contribution < -0.4 is 5.73 Å². The Balaban J connectivity index is 2.86. The Morgan fingerprint density at radius 3 is 2.52 bits per heavy atom. The Kier molecular flexibility index (Phi) is 6.65. The van der Waals surface area contributed by atoms with E-state index in [0.29, 0.717) is 6.04 Å². The third kappa shape index (κ3) is 5.02. The van der Waals surface area contributed by atoms with E-state index in [1.165, 1.54) is 5.56 Å². The van der Waals surface area contributed by atoms with Crippen molar-refractivity contribution in [1.29, 1.82) is 0 Å². The summed E-state index contributed by atoms with van der Waals surface area (Å²) in [6.07, 6.45) is 0. The first-order valence-corrected chi connectivity index (χ1v) is 7.35. The van der Waals surface area contributed by atoms with Crippen LogP contribution in [0.3, 0.4) is 0 Å². The Labute approximate surface area is 128 Å². The second-order valence-corrected chi connectivity index (χ2v) is 5.80. The van der Waals surface area contributed by atoms with Gasteiger partial charge in [0.15, 0.2) is 5.84 Å². The van der Waals surface area contributed by atoms with Crippen LogP contribution in [0.1, 0.15) is 30.5 Å². The Morgan fingerprint density at radius 1 is 1.38 bits per heavy atom. The summed E-state index contributed by atoms with van der Waals surface area (Å²) in [5, 5.41) is 11.8. The number of aryl methyl sites for hydroxylation is 1. The molecule has 5 heteroatoms. The maximum absolute atomic E-state index is 8.74. The molecule has 1 atom stereocenters. The molecule has 0 bridgehead atoms. The molecule has 0 aromatic heterocycles. The number of nitrogens with zero attached hydrogens (tertiary/aromatic N) is 3. The Bertz CT molecular complexity index is 485. The van der Waals surface area contributed by atoms with Crippen LogP contribution in [0, 0.1) is 6.92 Å². The van der Waals surface area contributed by atoms with Crippen LogP contribution in [0.2, 0.25) is 0 Å². The minimum Gasteiger partial charge on any atom is -0.409 e. The molecule has 5 nitrogen and oxygen atoms in total. The molecule has 0 spiro atoms. The van der Waals surface area contributed by atoms with Crippen LogP contribution in [-0.2, 0) is 6.54 Å². The molecule has 1 rings (SSSR count). The van der Waals surface area contributed by atoms with E-state index >= 15 is 0 Å². The van der Waals surface area contributed by atoms with E-state index in [4.69, 9.17) is 10.9 Å². The molecule has 118 valence electrons. The molecule has 0 heterocycles. The van der Waals surface area contributed by atoms with Gasteiger partial charge in [-0.3, -0.25) is 4.90 Å². The smallest absolute Gasteiger partial charge is 0.170 e. The van der Waals surface area contributed by atoms with Gasteiger partial charge in [0.1, 0.15) is 0 Å². The number of hydrogen-bond donors (Lipinski definition) is 2. The standard InChI is InChI=1S/C16H28N4O/c1-6-20(13(3)10-19(4)5)11-15-8-7-14(9-12(15)2)16(17)18-21/h7-9,13,21H,6,10-11H2,1-5H3,(H2,17,18). The molecular formula is C16H28N4O. The highest BCUT2D eigenvalue weighted by atomic mass is 16.4. The molecule has 1 unspecified atom stereocenters. The molecule has 0 saturated heterocycles. The summed E-state index contributed by atoms with van der Waals surface area (Å²) >= 11 is 0. The first-order valence-electron chi connectivity index (χ1n) is 7.35. The van der Waals surface area contributed by atoms with Gasteiger partial charge in [-0.15, -0.1) is 0 Å². The van der Waals surface area contributed by atoms with Crippen molar-refractivity contribution in [3.63, 3.8) is 0 Å².